The highest BCUT2D eigenvalue weighted by molar-refractivity contribution is 5.19. The summed E-state index contributed by atoms with van der Waals surface area (Å²) in [6.07, 6.45) is 9.81. The first-order valence-corrected chi connectivity index (χ1v) is 6.20. The van der Waals surface area contributed by atoms with Crippen molar-refractivity contribution in [3.8, 4) is 0 Å². The Morgan fingerprint density at radius 2 is 2.07 bits per heavy atom. The van der Waals surface area contributed by atoms with Gasteiger partial charge in [0.05, 0.1) is 24.4 Å². The Kier molecular flexibility index (Phi) is 2.02. The Hall–Kier alpha value is -0.340. The lowest BCUT2D eigenvalue weighted by Crippen LogP contribution is -2.33. The molecule has 2 fully saturated rings. The SMILES string of the molecule is CCC1(CC)CC2(CO1)CC1C=CC2O1. The fraction of sp³-hybridized carbons (Fsp3) is 0.846. The first-order valence-electron chi connectivity index (χ1n) is 6.20. The molecular formula is C13H20O2. The van der Waals surface area contributed by atoms with Crippen molar-refractivity contribution in [2.45, 2.75) is 57.3 Å². The van der Waals surface area contributed by atoms with E-state index in [9.17, 15) is 0 Å². The molecule has 15 heavy (non-hydrogen) atoms. The standard InChI is InChI=1S/C13H20O2/c1-3-13(4-2)8-12(9-14-13)7-10-5-6-11(12)15-10/h5-6,10-11H,3-4,7-9H2,1-2H3. The summed E-state index contributed by atoms with van der Waals surface area (Å²) in [5.41, 5.74) is 0.452. The highest BCUT2D eigenvalue weighted by atomic mass is 16.5. The van der Waals surface area contributed by atoms with E-state index in [1.807, 2.05) is 0 Å². The van der Waals surface area contributed by atoms with Crippen LogP contribution in [-0.4, -0.2) is 24.4 Å². The van der Waals surface area contributed by atoms with Gasteiger partial charge in [-0.3, -0.25) is 0 Å². The van der Waals surface area contributed by atoms with E-state index in [4.69, 9.17) is 9.47 Å². The number of fused-ring (bicyclic) bond motifs is 3. The van der Waals surface area contributed by atoms with Gasteiger partial charge in [0.15, 0.2) is 0 Å². The average molecular weight is 208 g/mol. The molecule has 0 aromatic rings. The zero-order chi connectivity index (χ0) is 10.5. The van der Waals surface area contributed by atoms with Crippen LogP contribution in [0, 0.1) is 5.41 Å². The van der Waals surface area contributed by atoms with Crippen LogP contribution in [0.3, 0.4) is 0 Å². The zero-order valence-electron chi connectivity index (χ0n) is 9.66. The molecule has 0 saturated carbocycles. The minimum atomic E-state index is 0.141. The van der Waals surface area contributed by atoms with Gasteiger partial charge in [-0.2, -0.15) is 0 Å². The van der Waals surface area contributed by atoms with Gasteiger partial charge in [-0.1, -0.05) is 26.0 Å². The van der Waals surface area contributed by atoms with Crippen LogP contribution in [-0.2, 0) is 9.47 Å². The van der Waals surface area contributed by atoms with Crippen molar-refractivity contribution in [1.82, 2.24) is 0 Å². The predicted molar refractivity (Wildman–Crippen MR) is 58.7 cm³/mol. The summed E-state index contributed by atoms with van der Waals surface area (Å²) in [7, 11) is 0. The maximum atomic E-state index is 6.12. The molecule has 0 radical (unpaired) electrons. The van der Waals surface area contributed by atoms with E-state index in [-0.39, 0.29) is 5.60 Å². The van der Waals surface area contributed by atoms with E-state index in [0.29, 0.717) is 17.6 Å². The molecule has 3 aliphatic rings. The maximum Gasteiger partial charge on any atom is 0.0845 e. The Bertz CT molecular complexity index is 293. The highest BCUT2D eigenvalue weighted by Gasteiger charge is 2.57. The third kappa shape index (κ3) is 1.24. The lowest BCUT2D eigenvalue weighted by atomic mass is 9.71. The van der Waals surface area contributed by atoms with Crippen LogP contribution in [0.5, 0.6) is 0 Å². The summed E-state index contributed by atoms with van der Waals surface area (Å²) in [4.78, 5) is 0. The van der Waals surface area contributed by atoms with E-state index in [1.54, 1.807) is 0 Å². The van der Waals surface area contributed by atoms with E-state index >= 15 is 0 Å². The molecule has 1 spiro atoms. The number of hydrogen-bond acceptors (Lipinski definition) is 2. The van der Waals surface area contributed by atoms with E-state index in [0.717, 1.165) is 19.4 Å². The molecule has 0 N–H and O–H groups in total. The number of rotatable bonds is 2. The summed E-state index contributed by atoms with van der Waals surface area (Å²) in [5.74, 6) is 0. The molecule has 0 amide bonds. The second-order valence-corrected chi connectivity index (χ2v) is 5.40. The summed E-state index contributed by atoms with van der Waals surface area (Å²) in [6.45, 7) is 5.39. The van der Waals surface area contributed by atoms with Gasteiger partial charge in [0, 0.05) is 5.41 Å². The minimum absolute atomic E-state index is 0.141. The normalized spacial score (nSPS) is 45.7. The summed E-state index contributed by atoms with van der Waals surface area (Å²) < 4.78 is 12.0. The van der Waals surface area contributed by atoms with E-state index in [2.05, 4.69) is 26.0 Å². The lowest BCUT2D eigenvalue weighted by Gasteiger charge is -2.30. The van der Waals surface area contributed by atoms with Gasteiger partial charge in [-0.15, -0.1) is 0 Å². The lowest BCUT2D eigenvalue weighted by molar-refractivity contribution is -0.00636. The van der Waals surface area contributed by atoms with Crippen molar-refractivity contribution in [1.29, 1.82) is 0 Å². The molecule has 0 aliphatic carbocycles. The monoisotopic (exact) mass is 208 g/mol. The Morgan fingerprint density at radius 1 is 1.27 bits per heavy atom. The largest absolute Gasteiger partial charge is 0.374 e. The van der Waals surface area contributed by atoms with Gasteiger partial charge in [0.2, 0.25) is 0 Å². The van der Waals surface area contributed by atoms with E-state index < -0.39 is 0 Å². The van der Waals surface area contributed by atoms with Gasteiger partial charge in [0.1, 0.15) is 0 Å². The van der Waals surface area contributed by atoms with Crippen LogP contribution in [0.2, 0.25) is 0 Å². The summed E-state index contributed by atoms with van der Waals surface area (Å²) in [6, 6.07) is 0. The average Bonchev–Trinajstić information content (AvgIpc) is 2.93. The van der Waals surface area contributed by atoms with Gasteiger partial charge in [0.25, 0.3) is 0 Å². The number of ether oxygens (including phenoxy) is 2. The van der Waals surface area contributed by atoms with Gasteiger partial charge in [-0.05, 0) is 25.7 Å². The smallest absolute Gasteiger partial charge is 0.0845 e. The minimum Gasteiger partial charge on any atom is -0.374 e. The summed E-state index contributed by atoms with van der Waals surface area (Å²) in [5, 5.41) is 0. The van der Waals surface area contributed by atoms with Crippen molar-refractivity contribution in [2.24, 2.45) is 5.41 Å². The van der Waals surface area contributed by atoms with Crippen LogP contribution in [0.4, 0.5) is 0 Å². The molecule has 2 bridgehead atoms. The van der Waals surface area contributed by atoms with Crippen molar-refractivity contribution in [2.75, 3.05) is 6.61 Å². The maximum absolute atomic E-state index is 6.12. The number of hydrogen-bond donors (Lipinski definition) is 0. The topological polar surface area (TPSA) is 18.5 Å². The van der Waals surface area contributed by atoms with Crippen molar-refractivity contribution >= 4 is 0 Å². The molecule has 0 aromatic carbocycles. The van der Waals surface area contributed by atoms with E-state index in [1.165, 1.54) is 12.8 Å². The first kappa shape index (κ1) is 9.86. The van der Waals surface area contributed by atoms with Crippen LogP contribution in [0.15, 0.2) is 12.2 Å². The van der Waals surface area contributed by atoms with Crippen molar-refractivity contribution in [3.63, 3.8) is 0 Å². The predicted octanol–water partition coefficient (Wildman–Crippen LogP) is 2.68. The highest BCUT2D eigenvalue weighted by Crippen LogP contribution is 2.55. The van der Waals surface area contributed by atoms with Crippen LogP contribution < -0.4 is 0 Å². The van der Waals surface area contributed by atoms with Crippen LogP contribution in [0.25, 0.3) is 0 Å². The molecule has 2 saturated heterocycles. The fourth-order valence-electron chi connectivity index (χ4n) is 3.54. The third-order valence-corrected chi connectivity index (χ3v) is 4.66. The molecule has 0 aromatic heterocycles. The molecule has 84 valence electrons. The molecule has 3 rings (SSSR count). The van der Waals surface area contributed by atoms with Crippen molar-refractivity contribution < 1.29 is 9.47 Å². The van der Waals surface area contributed by atoms with Crippen LogP contribution >= 0.6 is 0 Å². The Morgan fingerprint density at radius 3 is 2.53 bits per heavy atom. The molecule has 3 aliphatic heterocycles. The van der Waals surface area contributed by atoms with Gasteiger partial charge >= 0.3 is 0 Å². The second-order valence-electron chi connectivity index (χ2n) is 5.40. The van der Waals surface area contributed by atoms with Gasteiger partial charge < -0.3 is 9.47 Å². The molecule has 2 nitrogen and oxygen atoms in total. The molecule has 3 atom stereocenters. The second kappa shape index (κ2) is 3.08. The first-order chi connectivity index (χ1) is 7.22. The van der Waals surface area contributed by atoms with Crippen LogP contribution in [0.1, 0.15) is 39.5 Å². The van der Waals surface area contributed by atoms with Gasteiger partial charge in [-0.25, -0.2) is 0 Å². The molecule has 3 heterocycles. The third-order valence-electron chi connectivity index (χ3n) is 4.66. The van der Waals surface area contributed by atoms with Crippen molar-refractivity contribution in [3.05, 3.63) is 12.2 Å². The zero-order valence-corrected chi connectivity index (χ0v) is 9.66. The Balaban J connectivity index is 1.83. The Labute approximate surface area is 91.6 Å². The fourth-order valence-corrected chi connectivity index (χ4v) is 3.54. The quantitative estimate of drug-likeness (QED) is 0.650. The molecular weight excluding hydrogens is 188 g/mol. The summed E-state index contributed by atoms with van der Waals surface area (Å²) >= 11 is 0. The molecule has 2 heteroatoms. The molecule has 3 unspecified atom stereocenters.